The van der Waals surface area contributed by atoms with Crippen LogP contribution in [-0.4, -0.2) is 54.5 Å². The minimum atomic E-state index is -4.64. The van der Waals surface area contributed by atoms with E-state index in [0.29, 0.717) is 29.4 Å². The monoisotopic (exact) mass is 466 g/mol. The van der Waals surface area contributed by atoms with Crippen molar-refractivity contribution in [1.82, 2.24) is 14.8 Å². The van der Waals surface area contributed by atoms with Crippen LogP contribution in [0, 0.1) is 6.92 Å². The van der Waals surface area contributed by atoms with Gasteiger partial charge in [0.25, 0.3) is 0 Å². The van der Waals surface area contributed by atoms with Crippen molar-refractivity contribution in [2.45, 2.75) is 13.1 Å². The zero-order valence-corrected chi connectivity index (χ0v) is 18.5. The van der Waals surface area contributed by atoms with Crippen LogP contribution >= 0.6 is 11.6 Å². The van der Waals surface area contributed by atoms with Gasteiger partial charge >= 0.3 is 6.18 Å². The van der Waals surface area contributed by atoms with Crippen LogP contribution in [0.3, 0.4) is 0 Å². The largest absolute Gasteiger partial charge is 0.463 e. The lowest BCUT2D eigenvalue weighted by Crippen LogP contribution is -2.35. The molecule has 0 saturated carbocycles. The van der Waals surface area contributed by atoms with Gasteiger partial charge in [0.15, 0.2) is 0 Å². The molecule has 7 nitrogen and oxygen atoms in total. The molecular weight excluding hydrogens is 445 g/mol. The Morgan fingerprint density at radius 1 is 1.31 bits per heavy atom. The molecule has 0 aliphatic carbocycles. The highest BCUT2D eigenvalue weighted by Gasteiger charge is 2.38. The number of halogens is 4. The Morgan fingerprint density at radius 3 is 2.75 bits per heavy atom. The first-order valence-corrected chi connectivity index (χ1v) is 10.2. The van der Waals surface area contributed by atoms with Crippen molar-refractivity contribution in [1.29, 1.82) is 0 Å². The van der Waals surface area contributed by atoms with Crippen molar-refractivity contribution in [2.75, 3.05) is 44.9 Å². The van der Waals surface area contributed by atoms with E-state index < -0.39 is 11.7 Å². The molecule has 3 heterocycles. The molecule has 4 rings (SSSR count). The lowest BCUT2D eigenvalue weighted by atomic mass is 9.97. The quantitative estimate of drug-likeness (QED) is 0.704. The molecule has 0 spiro atoms. The number of pyridine rings is 1. The van der Waals surface area contributed by atoms with Crippen LogP contribution in [0.1, 0.15) is 16.7 Å². The number of nitrogen functional groups attached to an aromatic ring is 1. The van der Waals surface area contributed by atoms with Crippen molar-refractivity contribution in [3.8, 4) is 17.0 Å². The molecule has 1 aromatic carbocycles. The highest BCUT2D eigenvalue weighted by Crippen LogP contribution is 2.47. The van der Waals surface area contributed by atoms with E-state index in [1.54, 1.807) is 6.20 Å². The van der Waals surface area contributed by atoms with Gasteiger partial charge in [0.2, 0.25) is 0 Å². The summed E-state index contributed by atoms with van der Waals surface area (Å²) >= 11 is 6.67. The van der Waals surface area contributed by atoms with Crippen molar-refractivity contribution in [3.63, 3.8) is 0 Å². The number of ether oxygens (including phenoxy) is 1. The fourth-order valence-electron chi connectivity index (χ4n) is 3.78. The summed E-state index contributed by atoms with van der Waals surface area (Å²) in [7, 11) is 3.92. The second-order valence-corrected chi connectivity index (χ2v) is 8.17. The van der Waals surface area contributed by atoms with Gasteiger partial charge in [0.1, 0.15) is 30.3 Å². The Morgan fingerprint density at radius 2 is 2.06 bits per heavy atom. The fourth-order valence-corrected chi connectivity index (χ4v) is 4.09. The van der Waals surface area contributed by atoms with E-state index in [4.69, 9.17) is 22.1 Å². The molecule has 170 valence electrons. The number of nitrogens with zero attached hydrogens (tertiary/aromatic N) is 4. The van der Waals surface area contributed by atoms with Crippen molar-refractivity contribution in [3.05, 3.63) is 46.3 Å². The maximum Gasteiger partial charge on any atom is 0.418 e. The number of alkyl halides is 3. The number of anilines is 2. The van der Waals surface area contributed by atoms with Crippen molar-refractivity contribution < 1.29 is 17.9 Å². The van der Waals surface area contributed by atoms with E-state index in [1.165, 1.54) is 25.3 Å². The smallest absolute Gasteiger partial charge is 0.418 e. The average molecular weight is 467 g/mol. The van der Waals surface area contributed by atoms with Crippen LogP contribution in [0.25, 0.3) is 11.3 Å². The third-order valence-electron chi connectivity index (χ3n) is 5.21. The standard InChI is InChI=1S/C21H22ClF3N6O/c1-11-8-14(26)29-18(16(11)21(23,24)25)12-9-13-15-19(17(12)22)27-10-28-20(15)31(6-7-32-13)5-4-30(2)3/h6-9,27H,4-5,10H2,1-3H3,(H2,26,29). The number of likely N-dealkylation sites (N-methyl/N-ethyl adjacent to an activating group) is 1. The number of amidine groups is 1. The Kier molecular flexibility index (Phi) is 5.68. The number of aliphatic imine (C=N–C) groups is 1. The molecule has 0 amide bonds. The van der Waals surface area contributed by atoms with Gasteiger partial charge in [-0.05, 0) is 38.7 Å². The highest BCUT2D eigenvalue weighted by atomic mass is 35.5. The van der Waals surface area contributed by atoms with E-state index >= 15 is 0 Å². The third kappa shape index (κ3) is 3.95. The van der Waals surface area contributed by atoms with Gasteiger partial charge < -0.3 is 25.6 Å². The molecule has 1 aromatic heterocycles. The topological polar surface area (TPSA) is 79.0 Å². The molecule has 0 radical (unpaired) electrons. The van der Waals surface area contributed by atoms with E-state index in [0.717, 1.165) is 6.54 Å². The normalized spacial score (nSPS) is 15.1. The van der Waals surface area contributed by atoms with Gasteiger partial charge in [-0.1, -0.05) is 11.6 Å². The molecule has 11 heteroatoms. The second-order valence-electron chi connectivity index (χ2n) is 7.79. The van der Waals surface area contributed by atoms with E-state index in [2.05, 4.69) is 15.3 Å². The Balaban J connectivity index is 1.91. The number of aromatic nitrogens is 1. The van der Waals surface area contributed by atoms with Crippen LogP contribution in [0.5, 0.6) is 5.75 Å². The molecule has 0 fully saturated rings. The van der Waals surface area contributed by atoms with Crippen LogP contribution in [-0.2, 0) is 6.18 Å². The van der Waals surface area contributed by atoms with Crippen LogP contribution < -0.4 is 15.8 Å². The number of nitrogens with two attached hydrogens (primary N) is 1. The first-order chi connectivity index (χ1) is 15.1. The summed E-state index contributed by atoms with van der Waals surface area (Å²) in [6, 6.07) is 2.65. The van der Waals surface area contributed by atoms with Gasteiger partial charge in [-0.3, -0.25) is 0 Å². The number of hydrogen-bond donors (Lipinski definition) is 2. The number of rotatable bonds is 4. The molecular formula is C21H22ClF3N6O. The van der Waals surface area contributed by atoms with Gasteiger partial charge in [0.05, 0.1) is 27.5 Å². The molecule has 0 unspecified atom stereocenters. The number of hydrogen-bond acceptors (Lipinski definition) is 7. The first kappa shape index (κ1) is 22.2. The molecule has 32 heavy (non-hydrogen) atoms. The summed E-state index contributed by atoms with van der Waals surface area (Å²) < 4.78 is 47.5. The van der Waals surface area contributed by atoms with Gasteiger partial charge in [-0.15, -0.1) is 0 Å². The van der Waals surface area contributed by atoms with E-state index in [1.807, 2.05) is 23.9 Å². The molecule has 2 aromatic rings. The Labute approximate surface area is 188 Å². The second kappa shape index (κ2) is 8.18. The van der Waals surface area contributed by atoms with E-state index in [-0.39, 0.29) is 34.3 Å². The number of aryl methyl sites for hydroxylation is 1. The SMILES string of the molecule is Cc1cc(N)nc(-c2cc3c4c(c2Cl)NCN=C4N(CCN(C)C)C=CO3)c1C(F)(F)F. The summed E-state index contributed by atoms with van der Waals surface area (Å²) in [6.07, 6.45) is -1.42. The zero-order chi connectivity index (χ0) is 23.2. The van der Waals surface area contributed by atoms with Crippen molar-refractivity contribution in [2.24, 2.45) is 4.99 Å². The van der Waals surface area contributed by atoms with Gasteiger partial charge in [-0.25, -0.2) is 9.98 Å². The van der Waals surface area contributed by atoms with Gasteiger partial charge in [0, 0.05) is 24.9 Å². The molecule has 0 bridgehead atoms. The predicted octanol–water partition coefficient (Wildman–Crippen LogP) is 4.17. The Bertz CT molecular complexity index is 1130. The maximum atomic E-state index is 13.9. The Hall–Kier alpha value is -2.98. The minimum Gasteiger partial charge on any atom is -0.463 e. The summed E-state index contributed by atoms with van der Waals surface area (Å²) in [5.41, 5.74) is 5.63. The van der Waals surface area contributed by atoms with Crippen molar-refractivity contribution >= 4 is 28.9 Å². The first-order valence-electron chi connectivity index (χ1n) is 9.82. The van der Waals surface area contributed by atoms with Crippen LogP contribution in [0.2, 0.25) is 5.02 Å². The summed E-state index contributed by atoms with van der Waals surface area (Å²) in [6.45, 7) is 2.95. The third-order valence-corrected chi connectivity index (χ3v) is 5.60. The molecule has 2 aliphatic heterocycles. The summed E-state index contributed by atoms with van der Waals surface area (Å²) in [4.78, 5) is 12.5. The number of nitrogens with one attached hydrogen (secondary N) is 1. The highest BCUT2D eigenvalue weighted by molar-refractivity contribution is 6.37. The molecule has 2 aliphatic rings. The summed E-state index contributed by atoms with van der Waals surface area (Å²) in [5, 5.41) is 3.17. The zero-order valence-electron chi connectivity index (χ0n) is 17.7. The van der Waals surface area contributed by atoms with Gasteiger partial charge in [-0.2, -0.15) is 13.2 Å². The lowest BCUT2D eigenvalue weighted by Gasteiger charge is -2.28. The lowest BCUT2D eigenvalue weighted by molar-refractivity contribution is -0.137. The maximum absolute atomic E-state index is 13.9. The average Bonchev–Trinajstić information content (AvgIpc) is 2.87. The number of benzene rings is 1. The van der Waals surface area contributed by atoms with Crippen LogP contribution in [0.4, 0.5) is 24.7 Å². The minimum absolute atomic E-state index is 0.0314. The molecule has 0 saturated heterocycles. The molecule has 3 N–H and O–H groups in total. The molecule has 0 atom stereocenters. The van der Waals surface area contributed by atoms with Crippen LogP contribution in [0.15, 0.2) is 29.6 Å². The fraction of sp³-hybridized carbons (Fsp3) is 0.333. The predicted molar refractivity (Wildman–Crippen MR) is 119 cm³/mol. The summed E-state index contributed by atoms with van der Waals surface area (Å²) in [5.74, 6) is 0.922. The van der Waals surface area contributed by atoms with E-state index in [9.17, 15) is 13.2 Å².